The molecule has 0 bridgehead atoms. The van der Waals surface area contributed by atoms with Crippen molar-refractivity contribution in [1.29, 1.82) is 0 Å². The van der Waals surface area contributed by atoms with E-state index >= 15 is 0 Å². The molecule has 1 aliphatic rings. The van der Waals surface area contributed by atoms with Crippen LogP contribution in [-0.4, -0.2) is 57.4 Å². The van der Waals surface area contributed by atoms with Gasteiger partial charge in [-0.2, -0.15) is 0 Å². The van der Waals surface area contributed by atoms with Gasteiger partial charge in [0.25, 0.3) is 5.91 Å². The Kier molecular flexibility index (Phi) is 5.35. The Hall–Kier alpha value is -1.86. The van der Waals surface area contributed by atoms with E-state index in [0.29, 0.717) is 32.8 Å². The highest BCUT2D eigenvalue weighted by Crippen LogP contribution is 2.15. The Morgan fingerprint density at radius 3 is 2.95 bits per heavy atom. The van der Waals surface area contributed by atoms with Gasteiger partial charge >= 0.3 is 0 Å². The van der Waals surface area contributed by atoms with Crippen molar-refractivity contribution in [2.24, 2.45) is 0 Å². The minimum absolute atomic E-state index is 0.00474. The van der Waals surface area contributed by atoms with Crippen LogP contribution in [0.2, 0.25) is 0 Å². The number of methoxy groups -OCH3 is 2. The highest BCUT2D eigenvalue weighted by Gasteiger charge is 2.29. The number of amides is 1. The number of ether oxygens (including phenoxy) is 3. The van der Waals surface area contributed by atoms with Crippen molar-refractivity contribution in [2.45, 2.75) is 12.5 Å². The zero-order valence-electron chi connectivity index (χ0n) is 12.2. The van der Waals surface area contributed by atoms with Crippen LogP contribution < -0.4 is 10.2 Å². The number of nitrogens with zero attached hydrogens (tertiary/aromatic N) is 1. The van der Waals surface area contributed by atoms with E-state index in [1.807, 2.05) is 0 Å². The van der Waals surface area contributed by atoms with E-state index in [4.69, 9.17) is 18.6 Å². The smallest absolute Gasteiger partial charge is 0.290 e. The molecule has 2 rings (SSSR count). The maximum absolute atomic E-state index is 12.5. The summed E-state index contributed by atoms with van der Waals surface area (Å²) >= 11 is 0. The van der Waals surface area contributed by atoms with Crippen molar-refractivity contribution in [2.75, 3.05) is 40.6 Å². The van der Waals surface area contributed by atoms with Gasteiger partial charge in [0.2, 0.25) is 11.2 Å². The molecule has 1 aromatic heterocycles. The van der Waals surface area contributed by atoms with Gasteiger partial charge in [-0.05, 0) is 6.42 Å². The van der Waals surface area contributed by atoms with Crippen molar-refractivity contribution in [3.8, 4) is 5.75 Å². The Labute approximate surface area is 122 Å². The van der Waals surface area contributed by atoms with Crippen molar-refractivity contribution in [3.05, 3.63) is 28.3 Å². The molecule has 21 heavy (non-hydrogen) atoms. The molecular formula is C14H19NO6. The minimum atomic E-state index is -0.381. The molecule has 1 amide bonds. The van der Waals surface area contributed by atoms with Crippen LogP contribution in [0.15, 0.2) is 21.5 Å². The molecule has 0 aromatic carbocycles. The van der Waals surface area contributed by atoms with Crippen LogP contribution in [0.5, 0.6) is 5.75 Å². The molecule has 0 N–H and O–H groups in total. The number of morpholine rings is 1. The highest BCUT2D eigenvalue weighted by atomic mass is 16.5. The number of hydrogen-bond acceptors (Lipinski definition) is 6. The highest BCUT2D eigenvalue weighted by molar-refractivity contribution is 5.91. The maximum atomic E-state index is 12.5. The molecule has 7 nitrogen and oxygen atoms in total. The molecule has 0 aliphatic carbocycles. The van der Waals surface area contributed by atoms with Gasteiger partial charge in [0.15, 0.2) is 5.76 Å². The van der Waals surface area contributed by atoms with Crippen LogP contribution >= 0.6 is 0 Å². The summed E-state index contributed by atoms with van der Waals surface area (Å²) in [5, 5.41) is 0. The van der Waals surface area contributed by atoms with Gasteiger partial charge < -0.3 is 23.5 Å². The number of carbonyl (C=O) groups is 1. The minimum Gasteiger partial charge on any atom is -0.490 e. The van der Waals surface area contributed by atoms with Gasteiger partial charge in [-0.25, -0.2) is 0 Å². The van der Waals surface area contributed by atoms with Gasteiger partial charge in [0.1, 0.15) is 6.26 Å². The third-order valence-corrected chi connectivity index (χ3v) is 3.37. The Morgan fingerprint density at radius 2 is 2.29 bits per heavy atom. The summed E-state index contributed by atoms with van der Waals surface area (Å²) < 4.78 is 20.5. The fourth-order valence-corrected chi connectivity index (χ4v) is 2.22. The summed E-state index contributed by atoms with van der Waals surface area (Å²) in [5.74, 6) is -0.242. The predicted octanol–water partition coefficient (Wildman–Crippen LogP) is 0.526. The Balaban J connectivity index is 2.16. The largest absolute Gasteiger partial charge is 0.490 e. The molecule has 7 heteroatoms. The predicted molar refractivity (Wildman–Crippen MR) is 73.7 cm³/mol. The second kappa shape index (κ2) is 7.24. The van der Waals surface area contributed by atoms with Gasteiger partial charge in [-0.15, -0.1) is 0 Å². The third kappa shape index (κ3) is 3.62. The van der Waals surface area contributed by atoms with Crippen LogP contribution in [0.1, 0.15) is 17.0 Å². The SMILES string of the molecule is COCCC1COCCN1C(=O)c1cc(=O)c(OC)co1. The van der Waals surface area contributed by atoms with E-state index in [2.05, 4.69) is 0 Å². The maximum Gasteiger partial charge on any atom is 0.290 e. The quantitative estimate of drug-likeness (QED) is 0.788. The van der Waals surface area contributed by atoms with Gasteiger partial charge in [0.05, 0.1) is 26.4 Å². The van der Waals surface area contributed by atoms with Crippen molar-refractivity contribution < 1.29 is 23.4 Å². The fourth-order valence-electron chi connectivity index (χ4n) is 2.22. The monoisotopic (exact) mass is 297 g/mol. The standard InChI is InChI=1S/C14H19NO6/c1-18-5-3-10-8-20-6-4-15(10)14(17)12-7-11(16)13(19-2)9-21-12/h7,9-10H,3-6,8H2,1-2H3. The lowest BCUT2D eigenvalue weighted by Gasteiger charge is -2.35. The van der Waals surface area contributed by atoms with Gasteiger partial charge in [-0.3, -0.25) is 9.59 Å². The van der Waals surface area contributed by atoms with Crippen LogP contribution in [-0.2, 0) is 9.47 Å². The molecular weight excluding hydrogens is 278 g/mol. The van der Waals surface area contributed by atoms with Crippen LogP contribution in [0.25, 0.3) is 0 Å². The lowest BCUT2D eigenvalue weighted by Crippen LogP contribution is -2.49. The number of carbonyl (C=O) groups excluding carboxylic acids is 1. The molecule has 0 radical (unpaired) electrons. The van der Waals surface area contributed by atoms with E-state index < -0.39 is 0 Å². The summed E-state index contributed by atoms with van der Waals surface area (Å²) in [7, 11) is 2.98. The van der Waals surface area contributed by atoms with Crippen molar-refractivity contribution in [1.82, 2.24) is 4.90 Å². The summed E-state index contributed by atoms with van der Waals surface area (Å²) in [6.45, 7) is 1.92. The summed E-state index contributed by atoms with van der Waals surface area (Å²) in [4.78, 5) is 25.9. The number of rotatable bonds is 5. The van der Waals surface area contributed by atoms with Crippen LogP contribution in [0.3, 0.4) is 0 Å². The Bertz CT molecular complexity index is 541. The van der Waals surface area contributed by atoms with Crippen LogP contribution in [0, 0.1) is 0 Å². The first-order valence-electron chi connectivity index (χ1n) is 6.72. The zero-order valence-corrected chi connectivity index (χ0v) is 12.2. The normalized spacial score (nSPS) is 18.6. The van der Waals surface area contributed by atoms with Gasteiger partial charge in [-0.1, -0.05) is 0 Å². The molecule has 1 unspecified atom stereocenters. The van der Waals surface area contributed by atoms with E-state index in [9.17, 15) is 9.59 Å². The van der Waals surface area contributed by atoms with E-state index in [1.54, 1.807) is 12.0 Å². The molecule has 1 aromatic rings. The molecule has 1 fully saturated rings. The van der Waals surface area contributed by atoms with E-state index in [-0.39, 0.29) is 28.9 Å². The molecule has 116 valence electrons. The lowest BCUT2D eigenvalue weighted by molar-refractivity contribution is -0.0119. The average molecular weight is 297 g/mol. The molecule has 1 aliphatic heterocycles. The first-order valence-corrected chi connectivity index (χ1v) is 6.72. The second-order valence-electron chi connectivity index (χ2n) is 4.69. The summed E-state index contributed by atoms with van der Waals surface area (Å²) in [6.07, 6.45) is 1.82. The van der Waals surface area contributed by atoms with Crippen LogP contribution in [0.4, 0.5) is 0 Å². The first-order chi connectivity index (χ1) is 10.2. The third-order valence-electron chi connectivity index (χ3n) is 3.37. The molecule has 1 atom stereocenters. The van der Waals surface area contributed by atoms with Gasteiger partial charge in [0, 0.05) is 26.3 Å². The second-order valence-corrected chi connectivity index (χ2v) is 4.69. The summed E-state index contributed by atoms with van der Waals surface area (Å²) in [6, 6.07) is 1.07. The first kappa shape index (κ1) is 15.5. The number of hydrogen-bond donors (Lipinski definition) is 0. The van der Waals surface area contributed by atoms with E-state index in [0.717, 1.165) is 12.3 Å². The molecule has 1 saturated heterocycles. The average Bonchev–Trinajstić information content (AvgIpc) is 2.52. The molecule has 0 saturated carbocycles. The zero-order chi connectivity index (χ0) is 15.2. The van der Waals surface area contributed by atoms with Crippen molar-refractivity contribution >= 4 is 5.91 Å². The Morgan fingerprint density at radius 1 is 1.48 bits per heavy atom. The topological polar surface area (TPSA) is 78.2 Å². The van der Waals surface area contributed by atoms with Crippen molar-refractivity contribution in [3.63, 3.8) is 0 Å². The fraction of sp³-hybridized carbons (Fsp3) is 0.571. The molecule has 0 spiro atoms. The lowest BCUT2D eigenvalue weighted by atomic mass is 10.1. The van der Waals surface area contributed by atoms with E-state index in [1.165, 1.54) is 7.11 Å². The summed E-state index contributed by atoms with van der Waals surface area (Å²) in [5.41, 5.74) is -0.381. The molecule has 2 heterocycles.